The Hall–Kier alpha value is -2.87. The van der Waals surface area contributed by atoms with Crippen LogP contribution in [-0.4, -0.2) is 51.5 Å². The van der Waals surface area contributed by atoms with Gasteiger partial charge in [-0.15, -0.1) is 0 Å². The number of rotatable bonds is 2. The minimum absolute atomic E-state index is 0.106. The van der Waals surface area contributed by atoms with Crippen molar-refractivity contribution >= 4 is 11.8 Å². The van der Waals surface area contributed by atoms with Gasteiger partial charge in [0.1, 0.15) is 17.9 Å². The van der Waals surface area contributed by atoms with Gasteiger partial charge in [-0.2, -0.15) is 0 Å². The van der Waals surface area contributed by atoms with Crippen LogP contribution in [-0.2, 0) is 9.53 Å². The van der Waals surface area contributed by atoms with Crippen LogP contribution in [0, 0.1) is 18.6 Å². The maximum Gasteiger partial charge on any atom is 0.257 e. The first-order valence-corrected chi connectivity index (χ1v) is 10.5. The number of aryl methyl sites for hydroxylation is 1. The topological polar surface area (TPSA) is 62.7 Å². The maximum atomic E-state index is 13.7. The Morgan fingerprint density at radius 2 is 1.81 bits per heavy atom. The summed E-state index contributed by atoms with van der Waals surface area (Å²) in [4.78, 5) is 33.7. The minimum atomic E-state index is -0.975. The fraction of sp³-hybridized carbons (Fsp3) is 0.435. The molecule has 6 nitrogen and oxygen atoms in total. The molecule has 0 N–H and O–H groups in total. The first kappa shape index (κ1) is 20.1. The quantitative estimate of drug-likeness (QED) is 0.737. The summed E-state index contributed by atoms with van der Waals surface area (Å²) in [5.41, 5.74) is 0.919. The number of aromatic nitrogens is 1. The van der Waals surface area contributed by atoms with Crippen LogP contribution in [0.15, 0.2) is 36.7 Å². The van der Waals surface area contributed by atoms with Crippen molar-refractivity contribution in [3.63, 3.8) is 0 Å². The molecule has 2 atom stereocenters. The molecule has 1 aromatic heterocycles. The molecule has 31 heavy (non-hydrogen) atoms. The molecular weight excluding hydrogens is 404 g/mol. The average Bonchev–Trinajstić information content (AvgIpc) is 3.26. The van der Waals surface area contributed by atoms with Gasteiger partial charge in [0.15, 0.2) is 5.60 Å². The molecule has 2 aromatic rings. The average molecular weight is 427 g/mol. The lowest BCUT2D eigenvalue weighted by molar-refractivity contribution is -0.142. The molecular formula is C23H23F2N3O3. The van der Waals surface area contributed by atoms with Gasteiger partial charge in [-0.05, 0) is 49.1 Å². The Morgan fingerprint density at radius 3 is 2.48 bits per heavy atom. The van der Waals surface area contributed by atoms with Crippen molar-refractivity contribution in [2.24, 2.45) is 0 Å². The Bertz CT molecular complexity index is 1030. The number of piperidine rings is 1. The predicted molar refractivity (Wildman–Crippen MR) is 107 cm³/mol. The highest BCUT2D eigenvalue weighted by Gasteiger charge is 2.58. The number of likely N-dealkylation sites (tertiary alicyclic amines) is 1. The summed E-state index contributed by atoms with van der Waals surface area (Å²) in [5.74, 6) is -1.56. The summed E-state index contributed by atoms with van der Waals surface area (Å²) < 4.78 is 33.7. The Labute approximate surface area is 178 Å². The van der Waals surface area contributed by atoms with E-state index in [4.69, 9.17) is 4.74 Å². The highest BCUT2D eigenvalue weighted by atomic mass is 19.1. The van der Waals surface area contributed by atoms with Crippen molar-refractivity contribution in [2.75, 3.05) is 13.1 Å². The summed E-state index contributed by atoms with van der Waals surface area (Å²) >= 11 is 0. The van der Waals surface area contributed by atoms with Crippen LogP contribution >= 0.6 is 0 Å². The van der Waals surface area contributed by atoms with Gasteiger partial charge in [0.25, 0.3) is 11.8 Å². The number of hydrogen-bond acceptors (Lipinski definition) is 4. The van der Waals surface area contributed by atoms with Crippen LogP contribution in [0.5, 0.6) is 0 Å². The maximum absolute atomic E-state index is 13.7. The summed E-state index contributed by atoms with van der Waals surface area (Å²) in [6.45, 7) is 2.69. The molecule has 0 aliphatic carbocycles. The number of fused-ring (bicyclic) bond motifs is 1. The van der Waals surface area contributed by atoms with Crippen LogP contribution in [0.2, 0.25) is 0 Å². The van der Waals surface area contributed by atoms with Crippen LogP contribution in [0.25, 0.3) is 0 Å². The lowest BCUT2D eigenvalue weighted by Crippen LogP contribution is -2.51. The van der Waals surface area contributed by atoms with Gasteiger partial charge in [0, 0.05) is 44.4 Å². The number of pyridine rings is 1. The number of benzene rings is 1. The van der Waals surface area contributed by atoms with E-state index in [9.17, 15) is 18.4 Å². The standard InChI is InChI=1S/C23H23F2N3O3/c1-14-8-16(13-26-12-14)21(29)27-6-4-23(5-7-27)22(30)28-19(2-3-20(28)31-23)15-9-17(24)11-18(25)10-15/h8-13,19-20H,2-7H2,1H3. The molecule has 3 saturated heterocycles. The molecule has 3 aliphatic rings. The summed E-state index contributed by atoms with van der Waals surface area (Å²) in [7, 11) is 0. The number of hydrogen-bond donors (Lipinski definition) is 0. The van der Waals surface area contributed by atoms with Crippen molar-refractivity contribution in [1.29, 1.82) is 0 Å². The molecule has 4 heterocycles. The second kappa shape index (κ2) is 7.37. The van der Waals surface area contributed by atoms with Gasteiger partial charge in [-0.25, -0.2) is 8.78 Å². The third-order valence-corrected chi connectivity index (χ3v) is 6.57. The third kappa shape index (κ3) is 3.39. The van der Waals surface area contributed by atoms with Crippen LogP contribution in [0.1, 0.15) is 53.2 Å². The largest absolute Gasteiger partial charge is 0.342 e. The molecule has 0 saturated carbocycles. The molecule has 3 fully saturated rings. The second-order valence-corrected chi connectivity index (χ2v) is 8.62. The van der Waals surface area contributed by atoms with Gasteiger partial charge in [0.2, 0.25) is 0 Å². The zero-order chi connectivity index (χ0) is 21.8. The fourth-order valence-corrected chi connectivity index (χ4v) is 5.07. The summed E-state index contributed by atoms with van der Waals surface area (Å²) in [5, 5.41) is 0. The van der Waals surface area contributed by atoms with E-state index in [1.54, 1.807) is 28.3 Å². The van der Waals surface area contributed by atoms with Gasteiger partial charge in [-0.1, -0.05) is 0 Å². The molecule has 5 rings (SSSR count). The fourth-order valence-electron chi connectivity index (χ4n) is 5.07. The van der Waals surface area contributed by atoms with Gasteiger partial charge in [-0.3, -0.25) is 14.6 Å². The number of ether oxygens (including phenoxy) is 1. The van der Waals surface area contributed by atoms with Gasteiger partial charge >= 0.3 is 0 Å². The van der Waals surface area contributed by atoms with Crippen molar-refractivity contribution in [3.8, 4) is 0 Å². The van der Waals surface area contributed by atoms with Crippen LogP contribution in [0.4, 0.5) is 8.78 Å². The lowest BCUT2D eigenvalue weighted by Gasteiger charge is -2.37. The van der Waals surface area contributed by atoms with Crippen LogP contribution in [0.3, 0.4) is 0 Å². The second-order valence-electron chi connectivity index (χ2n) is 8.62. The number of carbonyl (C=O) groups excluding carboxylic acids is 2. The Morgan fingerprint density at radius 1 is 1.10 bits per heavy atom. The molecule has 1 spiro atoms. The van der Waals surface area contributed by atoms with Crippen molar-refractivity contribution in [3.05, 3.63) is 65.0 Å². The zero-order valence-electron chi connectivity index (χ0n) is 17.2. The van der Waals surface area contributed by atoms with E-state index in [1.807, 2.05) is 6.92 Å². The predicted octanol–water partition coefficient (Wildman–Crippen LogP) is 3.36. The van der Waals surface area contributed by atoms with Crippen LogP contribution < -0.4 is 0 Å². The molecule has 0 radical (unpaired) electrons. The van der Waals surface area contributed by atoms with Gasteiger partial charge in [0.05, 0.1) is 11.6 Å². The van der Waals surface area contributed by atoms with E-state index in [-0.39, 0.29) is 11.8 Å². The normalized spacial score (nSPS) is 24.7. The van der Waals surface area contributed by atoms with E-state index in [2.05, 4.69) is 4.98 Å². The van der Waals surface area contributed by atoms with E-state index < -0.39 is 29.5 Å². The number of amides is 2. The molecule has 0 bridgehead atoms. The molecule has 8 heteroatoms. The molecule has 3 aliphatic heterocycles. The summed E-state index contributed by atoms with van der Waals surface area (Å²) in [6, 6.07) is 4.79. The molecule has 162 valence electrons. The molecule has 2 unspecified atom stereocenters. The summed E-state index contributed by atoms with van der Waals surface area (Å²) in [6.07, 6.45) is 4.86. The SMILES string of the molecule is Cc1cncc(C(=O)N2CCC3(CC2)OC2CCC(c4cc(F)cc(F)c4)N2C3=O)c1. The lowest BCUT2D eigenvalue weighted by atomic mass is 9.89. The smallest absolute Gasteiger partial charge is 0.257 e. The molecule has 2 amide bonds. The zero-order valence-corrected chi connectivity index (χ0v) is 17.2. The Balaban J connectivity index is 1.32. The number of nitrogens with zero attached hydrogens (tertiary/aromatic N) is 3. The Kier molecular flexibility index (Phi) is 4.77. The number of carbonyl (C=O) groups is 2. The highest BCUT2D eigenvalue weighted by Crippen LogP contribution is 2.47. The first-order chi connectivity index (χ1) is 14.9. The molecule has 1 aromatic carbocycles. The third-order valence-electron chi connectivity index (χ3n) is 6.57. The monoisotopic (exact) mass is 427 g/mol. The van der Waals surface area contributed by atoms with E-state index >= 15 is 0 Å². The first-order valence-electron chi connectivity index (χ1n) is 10.5. The highest BCUT2D eigenvalue weighted by molar-refractivity contribution is 5.94. The minimum Gasteiger partial charge on any atom is -0.342 e. The van der Waals surface area contributed by atoms with Crippen molar-refractivity contribution < 1.29 is 23.1 Å². The van der Waals surface area contributed by atoms with Crippen molar-refractivity contribution in [1.82, 2.24) is 14.8 Å². The van der Waals surface area contributed by atoms with Gasteiger partial charge < -0.3 is 14.5 Å². The van der Waals surface area contributed by atoms with E-state index in [0.29, 0.717) is 49.9 Å². The van der Waals surface area contributed by atoms with Crippen molar-refractivity contribution in [2.45, 2.75) is 50.5 Å². The number of halogens is 2. The van der Waals surface area contributed by atoms with E-state index in [1.165, 1.54) is 12.1 Å². The van der Waals surface area contributed by atoms with E-state index in [0.717, 1.165) is 11.6 Å².